The third-order valence-corrected chi connectivity index (χ3v) is 4.28. The third-order valence-electron chi connectivity index (χ3n) is 4.28. The van der Waals surface area contributed by atoms with Gasteiger partial charge in [-0.15, -0.1) is 0 Å². The van der Waals surface area contributed by atoms with Gasteiger partial charge < -0.3 is 10.1 Å². The first kappa shape index (κ1) is 19.7. The molecule has 3 aromatic rings. The first-order valence-electron chi connectivity index (χ1n) is 8.74. The molecule has 0 spiro atoms. The van der Waals surface area contributed by atoms with Gasteiger partial charge in [-0.25, -0.2) is 15.0 Å². The highest BCUT2D eigenvalue weighted by Gasteiger charge is 2.33. The van der Waals surface area contributed by atoms with Gasteiger partial charge in [0.1, 0.15) is 11.6 Å². The molecule has 3 rings (SSSR count). The Hall–Kier alpha value is -3.08. The molecular formula is C20H19F3N4O. The molecule has 0 bridgehead atoms. The van der Waals surface area contributed by atoms with Crippen molar-refractivity contribution >= 4 is 16.7 Å². The van der Waals surface area contributed by atoms with Gasteiger partial charge in [-0.05, 0) is 33.3 Å². The van der Waals surface area contributed by atoms with Gasteiger partial charge in [0.05, 0.1) is 29.9 Å². The predicted molar refractivity (Wildman–Crippen MR) is 99.1 cm³/mol. The Bertz CT molecular complexity index is 1000. The summed E-state index contributed by atoms with van der Waals surface area (Å²) in [5.74, 6) is 1.43. The maximum absolute atomic E-state index is 13.2. The fraction of sp³-hybridized carbons (Fsp3) is 0.350. The summed E-state index contributed by atoms with van der Waals surface area (Å²) < 4.78 is 45.0. The van der Waals surface area contributed by atoms with Crippen molar-refractivity contribution in [3.63, 3.8) is 0 Å². The molecule has 0 saturated carbocycles. The van der Waals surface area contributed by atoms with Gasteiger partial charge in [0, 0.05) is 23.1 Å². The number of rotatable bonds is 5. The zero-order valence-electron chi connectivity index (χ0n) is 15.9. The molecule has 0 amide bonds. The molecule has 0 fully saturated rings. The van der Waals surface area contributed by atoms with Gasteiger partial charge >= 0.3 is 6.18 Å². The van der Waals surface area contributed by atoms with E-state index in [9.17, 15) is 13.2 Å². The van der Waals surface area contributed by atoms with Crippen LogP contribution < -0.4 is 10.1 Å². The quantitative estimate of drug-likeness (QED) is 0.678. The van der Waals surface area contributed by atoms with Crippen LogP contribution in [0.4, 0.5) is 19.0 Å². The Morgan fingerprint density at radius 2 is 2.00 bits per heavy atom. The molecule has 5 nitrogen and oxygen atoms in total. The minimum Gasteiger partial charge on any atom is -0.478 e. The Labute approximate surface area is 161 Å². The molecular weight excluding hydrogens is 369 g/mol. The lowest BCUT2D eigenvalue weighted by atomic mass is 9.99. The van der Waals surface area contributed by atoms with E-state index in [0.29, 0.717) is 40.6 Å². The second-order valence-electron chi connectivity index (χ2n) is 6.32. The number of hydrogen-bond acceptors (Lipinski definition) is 5. The molecule has 0 unspecified atom stereocenters. The number of fused-ring (bicyclic) bond motifs is 1. The number of nitrogens with one attached hydrogen (secondary N) is 1. The number of hydrogen-bond donors (Lipinski definition) is 1. The van der Waals surface area contributed by atoms with Crippen LogP contribution in [0.15, 0.2) is 18.3 Å². The number of pyridine rings is 1. The van der Waals surface area contributed by atoms with E-state index in [4.69, 9.17) is 4.74 Å². The number of aromatic nitrogens is 3. The predicted octanol–water partition coefficient (Wildman–Crippen LogP) is 4.83. The number of aryl methyl sites for hydroxylation is 1. The van der Waals surface area contributed by atoms with Crippen molar-refractivity contribution in [2.24, 2.45) is 0 Å². The normalized spacial score (nSPS) is 12.5. The topological polar surface area (TPSA) is 59.9 Å². The van der Waals surface area contributed by atoms with Crippen LogP contribution in [-0.2, 0) is 6.18 Å². The lowest BCUT2D eigenvalue weighted by Gasteiger charge is -2.19. The Morgan fingerprint density at radius 1 is 1.25 bits per heavy atom. The van der Waals surface area contributed by atoms with E-state index < -0.39 is 17.8 Å². The molecule has 0 radical (unpaired) electrons. The van der Waals surface area contributed by atoms with E-state index in [1.807, 2.05) is 6.92 Å². The van der Waals surface area contributed by atoms with Crippen molar-refractivity contribution in [2.75, 3.05) is 11.9 Å². The van der Waals surface area contributed by atoms with Gasteiger partial charge in [-0.2, -0.15) is 13.2 Å². The molecule has 0 aliphatic rings. The van der Waals surface area contributed by atoms with E-state index in [1.165, 1.54) is 6.92 Å². The molecule has 0 aliphatic carbocycles. The first-order valence-corrected chi connectivity index (χ1v) is 8.74. The number of ether oxygens (including phenoxy) is 1. The zero-order chi connectivity index (χ0) is 20.5. The van der Waals surface area contributed by atoms with Crippen LogP contribution >= 0.6 is 0 Å². The number of anilines is 1. The minimum absolute atomic E-state index is 0.109. The molecule has 1 N–H and O–H groups in total. The monoisotopic (exact) mass is 388 g/mol. The molecule has 28 heavy (non-hydrogen) atoms. The average Bonchev–Trinajstić information content (AvgIpc) is 2.61. The van der Waals surface area contributed by atoms with Crippen LogP contribution in [0.5, 0.6) is 5.88 Å². The molecule has 0 saturated heterocycles. The summed E-state index contributed by atoms with van der Waals surface area (Å²) in [5, 5.41) is 3.85. The average molecular weight is 388 g/mol. The lowest BCUT2D eigenvalue weighted by Crippen LogP contribution is -2.14. The summed E-state index contributed by atoms with van der Waals surface area (Å²) >= 11 is 0. The third kappa shape index (κ3) is 3.93. The first-order chi connectivity index (χ1) is 13.2. The van der Waals surface area contributed by atoms with E-state index >= 15 is 0 Å². The van der Waals surface area contributed by atoms with Gasteiger partial charge in [0.2, 0.25) is 5.88 Å². The fourth-order valence-corrected chi connectivity index (χ4v) is 3.00. The largest absolute Gasteiger partial charge is 0.478 e. The summed E-state index contributed by atoms with van der Waals surface area (Å²) in [6.45, 7) is 7.23. The van der Waals surface area contributed by atoms with Gasteiger partial charge in [0.15, 0.2) is 0 Å². The summed E-state index contributed by atoms with van der Waals surface area (Å²) in [4.78, 5) is 13.0. The van der Waals surface area contributed by atoms with Crippen molar-refractivity contribution in [2.45, 2.75) is 39.9 Å². The molecule has 8 heteroatoms. The lowest BCUT2D eigenvalue weighted by molar-refractivity contribution is -0.138. The summed E-state index contributed by atoms with van der Waals surface area (Å²) in [7, 11) is 0. The second kappa shape index (κ2) is 7.50. The van der Waals surface area contributed by atoms with Gasteiger partial charge in [0.25, 0.3) is 0 Å². The number of halogens is 3. The Morgan fingerprint density at radius 3 is 2.68 bits per heavy atom. The standard InChI is InChI=1S/C20H19F3N4O/c1-5-28-18-9-15-17(10-24-18)26-13(4)27-19(15)25-12(3)14-7-6-8-16(11(14)2)20(21,22)23/h8-10,12H,5H2,1-4H3,(H,25,26,27)/t12-/m1/s1. The van der Waals surface area contributed by atoms with Crippen molar-refractivity contribution in [3.8, 4) is 5.88 Å². The van der Waals surface area contributed by atoms with Crippen molar-refractivity contribution in [3.05, 3.63) is 53.0 Å². The molecule has 2 heterocycles. The van der Waals surface area contributed by atoms with Crippen molar-refractivity contribution in [1.29, 1.82) is 0 Å². The van der Waals surface area contributed by atoms with Gasteiger partial charge in [-0.1, -0.05) is 12.1 Å². The second-order valence-corrected chi connectivity index (χ2v) is 6.32. The van der Waals surface area contributed by atoms with Crippen LogP contribution in [-0.4, -0.2) is 21.6 Å². The Kier molecular flexibility index (Phi) is 5.27. The Balaban J connectivity index is 2.02. The van der Waals surface area contributed by atoms with Crippen LogP contribution in [0, 0.1) is 26.0 Å². The maximum atomic E-state index is 13.2. The van der Waals surface area contributed by atoms with E-state index in [0.717, 1.165) is 6.07 Å². The molecule has 1 atom stereocenters. The van der Waals surface area contributed by atoms with Crippen LogP contribution in [0.25, 0.3) is 10.9 Å². The highest BCUT2D eigenvalue weighted by atomic mass is 19.4. The van der Waals surface area contributed by atoms with Crippen LogP contribution in [0.1, 0.15) is 42.4 Å². The maximum Gasteiger partial charge on any atom is 0.417 e. The zero-order valence-corrected chi connectivity index (χ0v) is 15.9. The van der Waals surface area contributed by atoms with E-state index in [2.05, 4.69) is 32.4 Å². The summed E-state index contributed by atoms with van der Waals surface area (Å²) in [6, 6.07) is 7.40. The van der Waals surface area contributed by atoms with Crippen LogP contribution in [0.2, 0.25) is 0 Å². The van der Waals surface area contributed by atoms with E-state index in [-0.39, 0.29) is 5.56 Å². The number of nitrogens with zero attached hydrogens (tertiary/aromatic N) is 3. The molecule has 1 aromatic carbocycles. The molecule has 0 aliphatic heterocycles. The van der Waals surface area contributed by atoms with Crippen molar-refractivity contribution < 1.29 is 17.9 Å². The summed E-state index contributed by atoms with van der Waals surface area (Å²) in [5.41, 5.74) is 0.375. The number of alkyl halides is 3. The summed E-state index contributed by atoms with van der Waals surface area (Å²) in [6.07, 6.45) is -2.86. The SMILES string of the molecule is CCOc1cc2c(N[C@H](C)c3c#ccc(C(F)(F)F)c3C)nc(C)nc2cn1. The molecule has 2 aromatic heterocycles. The molecule has 146 valence electrons. The highest BCUT2D eigenvalue weighted by molar-refractivity contribution is 5.89. The minimum atomic E-state index is -4.44. The van der Waals surface area contributed by atoms with Crippen molar-refractivity contribution in [1.82, 2.24) is 15.0 Å². The van der Waals surface area contributed by atoms with Crippen LogP contribution in [0.3, 0.4) is 0 Å². The van der Waals surface area contributed by atoms with Gasteiger partial charge in [-0.3, -0.25) is 0 Å². The van der Waals surface area contributed by atoms with E-state index in [1.54, 1.807) is 26.1 Å². The smallest absolute Gasteiger partial charge is 0.417 e. The fourth-order valence-electron chi connectivity index (χ4n) is 3.00. The highest BCUT2D eigenvalue weighted by Crippen LogP contribution is 2.34.